The van der Waals surface area contributed by atoms with E-state index in [0.717, 1.165) is 47.6 Å². The van der Waals surface area contributed by atoms with Crippen LogP contribution in [0.15, 0.2) is 78.0 Å². The number of carbonyl (C=O) groups excluding carboxylic acids is 1. The monoisotopic (exact) mass is 643 g/mol. The Morgan fingerprint density at radius 1 is 0.957 bits per heavy atom. The predicted molar refractivity (Wildman–Crippen MR) is 168 cm³/mol. The van der Waals surface area contributed by atoms with Crippen LogP contribution in [-0.2, 0) is 19.6 Å². The van der Waals surface area contributed by atoms with Gasteiger partial charge in [0.2, 0.25) is 0 Å². The molecule has 0 aliphatic heterocycles. The Balaban J connectivity index is 1.45. The molecule has 2 atom stereocenters. The molecule has 2 unspecified atom stereocenters. The number of aryl methyl sites for hydroxylation is 1. The zero-order chi connectivity index (χ0) is 32.2. The third-order valence-electron chi connectivity index (χ3n) is 9.30. The van der Waals surface area contributed by atoms with E-state index in [4.69, 9.17) is 4.74 Å². The van der Waals surface area contributed by atoms with Gasteiger partial charge in [-0.1, -0.05) is 48.0 Å². The quantitative estimate of drug-likeness (QED) is 0.203. The van der Waals surface area contributed by atoms with Gasteiger partial charge in [-0.25, -0.2) is 36.1 Å². The molecule has 3 heterocycles. The topological polar surface area (TPSA) is 116 Å². The maximum absolute atomic E-state index is 15.5. The van der Waals surface area contributed by atoms with Crippen molar-refractivity contribution in [1.29, 1.82) is 0 Å². The summed E-state index contributed by atoms with van der Waals surface area (Å²) >= 11 is 0. The summed E-state index contributed by atoms with van der Waals surface area (Å²) in [5.41, 5.74) is 1.64. The van der Waals surface area contributed by atoms with E-state index in [2.05, 4.69) is 20.3 Å². The van der Waals surface area contributed by atoms with Crippen LogP contribution < -0.4 is 5.32 Å². The first-order valence-corrected chi connectivity index (χ1v) is 16.6. The third kappa shape index (κ3) is 5.00. The summed E-state index contributed by atoms with van der Waals surface area (Å²) in [5.74, 6) is -2.19. The third-order valence-corrected chi connectivity index (χ3v) is 11.0. The predicted octanol–water partition coefficient (Wildman–Crippen LogP) is 6.37. The lowest BCUT2D eigenvalue weighted by molar-refractivity contribution is -0.152. The number of aromatic nitrogens is 4. The summed E-state index contributed by atoms with van der Waals surface area (Å²) in [7, 11) is -2.94. The summed E-state index contributed by atoms with van der Waals surface area (Å²) in [6.07, 6.45) is 5.53. The number of rotatable bonds is 7. The van der Waals surface area contributed by atoms with Gasteiger partial charge >= 0.3 is 5.97 Å². The van der Waals surface area contributed by atoms with Crippen molar-refractivity contribution < 1.29 is 26.7 Å². The summed E-state index contributed by atoms with van der Waals surface area (Å²) in [5, 5.41) is 3.34. The van der Waals surface area contributed by atoms with Gasteiger partial charge in [-0.15, -0.1) is 0 Å². The largest absolute Gasteiger partial charge is 0.469 e. The Labute approximate surface area is 264 Å². The fraction of sp³-hybridized carbons (Fsp3) is 0.294. The summed E-state index contributed by atoms with van der Waals surface area (Å²) in [4.78, 5) is 26.0. The van der Waals surface area contributed by atoms with Crippen molar-refractivity contribution in [3.63, 3.8) is 0 Å². The summed E-state index contributed by atoms with van der Waals surface area (Å²) in [6.45, 7) is 1.85. The van der Waals surface area contributed by atoms with E-state index in [1.165, 1.54) is 25.3 Å². The van der Waals surface area contributed by atoms with Gasteiger partial charge in [0.1, 0.15) is 5.82 Å². The van der Waals surface area contributed by atoms with Gasteiger partial charge in [-0.05, 0) is 62.6 Å². The average molecular weight is 644 g/mol. The van der Waals surface area contributed by atoms with Crippen LogP contribution in [0.4, 0.5) is 14.6 Å². The Bertz CT molecular complexity index is 2060. The van der Waals surface area contributed by atoms with Crippen LogP contribution in [-0.4, -0.2) is 46.5 Å². The van der Waals surface area contributed by atoms with Crippen LogP contribution in [0.2, 0.25) is 0 Å². The smallest absolute Gasteiger partial charge is 0.311 e. The van der Waals surface area contributed by atoms with Gasteiger partial charge in [0, 0.05) is 17.0 Å². The van der Waals surface area contributed by atoms with Crippen LogP contribution in [0.25, 0.3) is 33.7 Å². The number of methoxy groups -OCH3 is 1. The van der Waals surface area contributed by atoms with Crippen molar-refractivity contribution >= 4 is 32.8 Å². The average Bonchev–Trinajstić information content (AvgIpc) is 3.41. The molecule has 2 bridgehead atoms. The number of nitrogens with zero attached hydrogens (tertiary/aromatic N) is 4. The highest BCUT2D eigenvalue weighted by atomic mass is 32.2. The molecule has 8 rings (SSSR count). The molecule has 46 heavy (non-hydrogen) atoms. The number of hydrogen-bond donors (Lipinski definition) is 1. The van der Waals surface area contributed by atoms with Crippen LogP contribution in [0.5, 0.6) is 0 Å². The maximum atomic E-state index is 15.5. The highest BCUT2D eigenvalue weighted by Gasteiger charge is 2.48. The van der Waals surface area contributed by atoms with E-state index >= 15 is 4.39 Å². The molecule has 9 nitrogen and oxygen atoms in total. The van der Waals surface area contributed by atoms with Crippen LogP contribution in [0, 0.1) is 36.3 Å². The number of halogens is 2. The normalized spacial score (nSPS) is 21.0. The molecule has 3 aliphatic carbocycles. The fourth-order valence-electron chi connectivity index (χ4n) is 7.13. The zero-order valence-corrected chi connectivity index (χ0v) is 26.0. The Hall–Kier alpha value is -4.71. The van der Waals surface area contributed by atoms with Crippen molar-refractivity contribution in [1.82, 2.24) is 18.9 Å². The first-order chi connectivity index (χ1) is 22.2. The summed E-state index contributed by atoms with van der Waals surface area (Å²) < 4.78 is 65.2. The molecule has 3 saturated carbocycles. The van der Waals surface area contributed by atoms with E-state index in [9.17, 15) is 17.6 Å². The Morgan fingerprint density at radius 3 is 2.35 bits per heavy atom. The number of hydrogen-bond acceptors (Lipinski definition) is 8. The second kappa shape index (κ2) is 11.6. The number of carbonyl (C=O) groups is 1. The van der Waals surface area contributed by atoms with Crippen LogP contribution in [0.1, 0.15) is 31.2 Å². The number of ether oxygens (including phenoxy) is 1. The Morgan fingerprint density at radius 2 is 1.65 bits per heavy atom. The van der Waals surface area contributed by atoms with Gasteiger partial charge < -0.3 is 10.1 Å². The summed E-state index contributed by atoms with van der Waals surface area (Å²) in [6, 6.07) is 15.9. The molecule has 3 fully saturated rings. The number of anilines is 1. The van der Waals surface area contributed by atoms with E-state index in [1.54, 1.807) is 42.5 Å². The molecule has 0 spiro atoms. The zero-order valence-electron chi connectivity index (χ0n) is 25.2. The van der Waals surface area contributed by atoms with Crippen molar-refractivity contribution in [2.45, 2.75) is 43.5 Å². The first-order valence-electron chi connectivity index (χ1n) is 15.1. The van der Waals surface area contributed by atoms with E-state index in [-0.39, 0.29) is 56.6 Å². The van der Waals surface area contributed by atoms with Crippen molar-refractivity contribution in [2.75, 3.05) is 12.4 Å². The number of esters is 1. The second-order valence-electron chi connectivity index (χ2n) is 12.0. The minimum atomic E-state index is -4.29. The van der Waals surface area contributed by atoms with Crippen LogP contribution >= 0.6 is 0 Å². The number of benzene rings is 2. The molecule has 5 aromatic rings. The van der Waals surface area contributed by atoms with E-state index in [1.807, 2.05) is 6.92 Å². The molecule has 0 radical (unpaired) electrons. The minimum Gasteiger partial charge on any atom is -0.469 e. The van der Waals surface area contributed by atoms with Crippen molar-refractivity contribution in [3.8, 4) is 22.6 Å². The van der Waals surface area contributed by atoms with Gasteiger partial charge in [-0.3, -0.25) is 4.79 Å². The molecule has 3 aromatic heterocycles. The number of fused-ring (bicyclic) bond motifs is 4. The molecule has 0 amide bonds. The van der Waals surface area contributed by atoms with Crippen LogP contribution in [0.3, 0.4) is 0 Å². The molecule has 12 heteroatoms. The standard InChI is InChI=1S/C34H31F2N5O4S/c1-19-8-14-24(15-9-19)46(43,44)41-30(22-6-4-3-5-7-22)28(25-16-23(35)17-38-33(25)41)32-37-18-26(36)31(40-32)39-29-21-12-10-20(11-13-21)27(29)34(42)45-2/h3-9,14-18,20-21,27,29H,10-13H2,1-2H3,(H,37,39,40). The lowest BCUT2D eigenvalue weighted by Gasteiger charge is -2.47. The Kier molecular flexibility index (Phi) is 7.54. The van der Waals surface area contributed by atoms with Gasteiger partial charge in [-0.2, -0.15) is 0 Å². The lowest BCUT2D eigenvalue weighted by atomic mass is 9.61. The molecule has 1 N–H and O–H groups in total. The number of nitrogens with one attached hydrogen (secondary N) is 1. The van der Waals surface area contributed by atoms with Crippen molar-refractivity contribution in [2.24, 2.45) is 17.8 Å². The highest BCUT2D eigenvalue weighted by Crippen LogP contribution is 2.47. The lowest BCUT2D eigenvalue weighted by Crippen LogP contribution is -2.52. The molecule has 2 aromatic carbocycles. The van der Waals surface area contributed by atoms with Gasteiger partial charge in [0.25, 0.3) is 10.0 Å². The SMILES string of the molecule is COC(=O)C1C2CCC(CC2)C1Nc1nc(-c2c(-c3ccccc3)n(S(=O)(=O)c3ccc(C)cc3)c3ncc(F)cc23)ncc1F. The number of pyridine rings is 1. The minimum absolute atomic E-state index is 0.00781. The molecular formula is C34H31F2N5O4S. The fourth-order valence-corrected chi connectivity index (χ4v) is 8.63. The van der Waals surface area contributed by atoms with E-state index < -0.39 is 33.6 Å². The second-order valence-corrected chi connectivity index (χ2v) is 13.8. The molecule has 3 aliphatic rings. The van der Waals surface area contributed by atoms with Gasteiger partial charge in [0.05, 0.1) is 41.6 Å². The van der Waals surface area contributed by atoms with Crippen molar-refractivity contribution in [3.05, 3.63) is 90.3 Å². The van der Waals surface area contributed by atoms with E-state index in [0.29, 0.717) is 5.56 Å². The molecule has 236 valence electrons. The molecule has 0 saturated heterocycles. The first kappa shape index (κ1) is 30.0. The molecular weight excluding hydrogens is 612 g/mol. The highest BCUT2D eigenvalue weighted by molar-refractivity contribution is 7.90. The van der Waals surface area contributed by atoms with Gasteiger partial charge in [0.15, 0.2) is 23.1 Å². The maximum Gasteiger partial charge on any atom is 0.311 e.